The van der Waals surface area contributed by atoms with Gasteiger partial charge in [-0.05, 0) is 42.8 Å². The maximum Gasteiger partial charge on any atom is 0.416 e. The van der Waals surface area contributed by atoms with Gasteiger partial charge in [0.05, 0.1) is 29.1 Å². The molecule has 0 aliphatic heterocycles. The minimum atomic E-state index is -4.39. The van der Waals surface area contributed by atoms with Crippen molar-refractivity contribution in [3.63, 3.8) is 0 Å². The summed E-state index contributed by atoms with van der Waals surface area (Å²) in [5.41, 5.74) is 2.74. The summed E-state index contributed by atoms with van der Waals surface area (Å²) < 4.78 is 44.0. The molecule has 0 fully saturated rings. The smallest absolute Gasteiger partial charge is 0.416 e. The molecule has 7 heteroatoms. The predicted molar refractivity (Wildman–Crippen MR) is 118 cm³/mol. The van der Waals surface area contributed by atoms with Gasteiger partial charge in [-0.1, -0.05) is 63.1 Å². The minimum Gasteiger partial charge on any atom is -0.494 e. The molecule has 0 aliphatic carbocycles. The molecule has 0 bridgehead atoms. The number of rotatable bonds is 12. The van der Waals surface area contributed by atoms with Crippen molar-refractivity contribution in [3.8, 4) is 5.75 Å². The van der Waals surface area contributed by atoms with Gasteiger partial charge in [-0.25, -0.2) is 0 Å². The van der Waals surface area contributed by atoms with E-state index >= 15 is 0 Å². The van der Waals surface area contributed by atoms with Crippen molar-refractivity contribution in [2.45, 2.75) is 58.0 Å². The third-order valence-corrected chi connectivity index (χ3v) is 4.90. The highest BCUT2D eigenvalue weighted by molar-refractivity contribution is 6.33. The molecule has 0 atom stereocenters. The van der Waals surface area contributed by atoms with E-state index in [1.54, 1.807) is 18.2 Å². The summed E-state index contributed by atoms with van der Waals surface area (Å²) in [7, 11) is 0. The van der Waals surface area contributed by atoms with E-state index in [4.69, 9.17) is 16.3 Å². The number of hydrogen-bond donors (Lipinski definition) is 1. The van der Waals surface area contributed by atoms with E-state index in [1.165, 1.54) is 50.5 Å². The van der Waals surface area contributed by atoms with Crippen LogP contribution in [0.4, 0.5) is 18.9 Å². The average molecular weight is 441 g/mol. The van der Waals surface area contributed by atoms with E-state index in [0.717, 1.165) is 25.0 Å². The van der Waals surface area contributed by atoms with Gasteiger partial charge in [-0.3, -0.25) is 5.43 Å². The van der Waals surface area contributed by atoms with Crippen molar-refractivity contribution in [2.24, 2.45) is 5.10 Å². The zero-order valence-corrected chi connectivity index (χ0v) is 17.9. The number of nitrogens with zero attached hydrogens (tertiary/aromatic N) is 1. The van der Waals surface area contributed by atoms with Gasteiger partial charge in [-0.2, -0.15) is 18.3 Å². The summed E-state index contributed by atoms with van der Waals surface area (Å²) in [6.45, 7) is 2.86. The Morgan fingerprint density at radius 2 is 1.73 bits per heavy atom. The van der Waals surface area contributed by atoms with Crippen molar-refractivity contribution in [1.82, 2.24) is 0 Å². The van der Waals surface area contributed by atoms with Crippen LogP contribution in [0.2, 0.25) is 5.02 Å². The van der Waals surface area contributed by atoms with Crippen LogP contribution in [0, 0.1) is 0 Å². The molecule has 1 N–H and O–H groups in total. The highest BCUT2D eigenvalue weighted by Gasteiger charge is 2.30. The van der Waals surface area contributed by atoms with Gasteiger partial charge in [0.15, 0.2) is 0 Å². The van der Waals surface area contributed by atoms with Crippen LogP contribution in [0.25, 0.3) is 0 Å². The van der Waals surface area contributed by atoms with Gasteiger partial charge >= 0.3 is 6.18 Å². The molecule has 30 heavy (non-hydrogen) atoms. The summed E-state index contributed by atoms with van der Waals surface area (Å²) in [4.78, 5) is 0. The second-order valence-corrected chi connectivity index (χ2v) is 7.51. The molecule has 0 spiro atoms. The summed E-state index contributed by atoms with van der Waals surface area (Å²) in [5, 5.41) is 4.43. The van der Waals surface area contributed by atoms with E-state index < -0.39 is 11.7 Å². The molecule has 0 saturated heterocycles. The maximum atomic E-state index is 12.7. The van der Waals surface area contributed by atoms with Crippen molar-refractivity contribution in [2.75, 3.05) is 12.0 Å². The van der Waals surface area contributed by atoms with Crippen LogP contribution in [-0.2, 0) is 6.18 Å². The largest absolute Gasteiger partial charge is 0.494 e. The number of halogens is 4. The quantitative estimate of drug-likeness (QED) is 0.206. The zero-order valence-electron chi connectivity index (χ0n) is 17.1. The van der Waals surface area contributed by atoms with Gasteiger partial charge < -0.3 is 4.74 Å². The lowest BCUT2D eigenvalue weighted by atomic mass is 10.1. The Hall–Kier alpha value is -2.21. The van der Waals surface area contributed by atoms with Gasteiger partial charge in [0.25, 0.3) is 0 Å². The number of anilines is 1. The summed E-state index contributed by atoms with van der Waals surface area (Å²) in [5.74, 6) is 0.689. The first-order chi connectivity index (χ1) is 14.4. The van der Waals surface area contributed by atoms with E-state index in [2.05, 4.69) is 17.5 Å². The molecule has 0 aliphatic rings. The SMILES string of the molecule is CCCCCCCCCOc1ccc(C=NNc2cccc(C(F)(F)F)c2)c(Cl)c1. The van der Waals surface area contributed by atoms with Crippen LogP contribution in [-0.4, -0.2) is 12.8 Å². The molecule has 2 rings (SSSR count). The van der Waals surface area contributed by atoms with E-state index in [1.807, 2.05) is 0 Å². The second-order valence-electron chi connectivity index (χ2n) is 7.10. The van der Waals surface area contributed by atoms with Gasteiger partial charge in [0.2, 0.25) is 0 Å². The fourth-order valence-corrected chi connectivity index (χ4v) is 3.11. The molecule has 0 aromatic heterocycles. The lowest BCUT2D eigenvalue weighted by molar-refractivity contribution is -0.137. The fourth-order valence-electron chi connectivity index (χ4n) is 2.89. The Labute approximate surface area is 181 Å². The monoisotopic (exact) mass is 440 g/mol. The molecule has 3 nitrogen and oxygen atoms in total. The molecule has 0 radical (unpaired) electrons. The summed E-state index contributed by atoms with van der Waals surface area (Å²) in [6.07, 6.45) is 5.61. The molecule has 0 heterocycles. The van der Waals surface area contributed by atoms with Crippen molar-refractivity contribution < 1.29 is 17.9 Å². The fraction of sp³-hybridized carbons (Fsp3) is 0.435. The van der Waals surface area contributed by atoms with E-state index in [9.17, 15) is 13.2 Å². The molecule has 164 valence electrons. The zero-order chi connectivity index (χ0) is 21.8. The third-order valence-electron chi connectivity index (χ3n) is 4.58. The highest BCUT2D eigenvalue weighted by Crippen LogP contribution is 2.30. The normalized spacial score (nSPS) is 11.8. The van der Waals surface area contributed by atoms with Crippen molar-refractivity contribution in [1.29, 1.82) is 0 Å². The van der Waals surface area contributed by atoms with Crippen LogP contribution >= 0.6 is 11.6 Å². The first-order valence-electron chi connectivity index (χ1n) is 10.3. The van der Waals surface area contributed by atoms with Crippen LogP contribution in [0.5, 0.6) is 5.75 Å². The van der Waals surface area contributed by atoms with Crippen LogP contribution < -0.4 is 10.2 Å². The Morgan fingerprint density at radius 3 is 2.43 bits per heavy atom. The Bertz CT molecular complexity index is 809. The molecular weight excluding hydrogens is 413 g/mol. The van der Waals surface area contributed by atoms with Crippen LogP contribution in [0.1, 0.15) is 63.0 Å². The Kier molecular flexibility index (Phi) is 10.0. The lowest BCUT2D eigenvalue weighted by Crippen LogP contribution is -2.05. The molecule has 2 aromatic carbocycles. The first kappa shape index (κ1) is 24.1. The third kappa shape index (κ3) is 8.66. The second kappa shape index (κ2) is 12.5. The number of ether oxygens (including phenoxy) is 1. The topological polar surface area (TPSA) is 33.6 Å². The van der Waals surface area contributed by atoms with Gasteiger partial charge in [0, 0.05) is 5.56 Å². The number of hydrogen-bond acceptors (Lipinski definition) is 3. The number of alkyl halides is 3. The summed E-state index contributed by atoms with van der Waals surface area (Å²) >= 11 is 6.26. The Morgan fingerprint density at radius 1 is 1.00 bits per heavy atom. The molecular formula is C23H28ClF3N2O. The highest BCUT2D eigenvalue weighted by atomic mass is 35.5. The van der Waals surface area contributed by atoms with E-state index in [0.29, 0.717) is 22.9 Å². The lowest BCUT2D eigenvalue weighted by Gasteiger charge is -2.09. The molecule has 0 amide bonds. The van der Waals surface area contributed by atoms with E-state index in [-0.39, 0.29) is 5.69 Å². The van der Waals surface area contributed by atoms with Gasteiger partial charge in [-0.15, -0.1) is 0 Å². The Balaban J connectivity index is 1.78. The van der Waals surface area contributed by atoms with Gasteiger partial charge in [0.1, 0.15) is 5.75 Å². The van der Waals surface area contributed by atoms with Crippen molar-refractivity contribution >= 4 is 23.5 Å². The number of hydrazone groups is 1. The molecule has 2 aromatic rings. The number of nitrogens with one attached hydrogen (secondary N) is 1. The average Bonchev–Trinajstić information content (AvgIpc) is 2.71. The molecule has 0 saturated carbocycles. The van der Waals surface area contributed by atoms with Crippen molar-refractivity contribution in [3.05, 3.63) is 58.6 Å². The standard InChI is InChI=1S/C23H28ClF3N2O/c1-2-3-4-5-6-7-8-14-30-21-13-12-18(22(24)16-21)17-28-29-20-11-9-10-19(15-20)23(25,26)27/h9-13,15-17,29H,2-8,14H2,1H3. The first-order valence-corrected chi connectivity index (χ1v) is 10.7. The van der Waals surface area contributed by atoms with Crippen LogP contribution in [0.3, 0.4) is 0 Å². The predicted octanol–water partition coefficient (Wildman–Crippen LogP) is 7.93. The number of unbranched alkanes of at least 4 members (excludes halogenated alkanes) is 6. The maximum absolute atomic E-state index is 12.7. The number of benzene rings is 2. The summed E-state index contributed by atoms with van der Waals surface area (Å²) in [6, 6.07) is 10.1. The van der Waals surface area contributed by atoms with Crippen LogP contribution in [0.15, 0.2) is 47.6 Å². The minimum absolute atomic E-state index is 0.242. The molecule has 0 unspecified atom stereocenters.